The molecule has 78 valence electrons. The van der Waals surface area contributed by atoms with Crippen molar-refractivity contribution in [1.29, 1.82) is 0 Å². The Morgan fingerprint density at radius 3 is 2.57 bits per heavy atom. The van der Waals surface area contributed by atoms with E-state index in [0.29, 0.717) is 0 Å². The third kappa shape index (κ3) is 2.35. The molecule has 0 fully saturated rings. The van der Waals surface area contributed by atoms with E-state index in [1.807, 2.05) is 0 Å². The Hall–Kier alpha value is -0.840. The van der Waals surface area contributed by atoms with E-state index in [-0.39, 0.29) is 17.1 Å². The molecule has 3 nitrogen and oxygen atoms in total. The molecule has 5 heteroatoms. The van der Waals surface area contributed by atoms with Crippen LogP contribution in [0.4, 0.5) is 10.1 Å². The molecular weight excluding hydrogens is 209 g/mol. The van der Waals surface area contributed by atoms with Gasteiger partial charge in [-0.2, -0.15) is 0 Å². The highest BCUT2D eigenvalue weighted by Crippen LogP contribution is 2.24. The number of nitrogens with two attached hydrogens (primary N) is 1. The molecule has 0 saturated carbocycles. The van der Waals surface area contributed by atoms with Gasteiger partial charge in [-0.3, -0.25) is 0 Å². The van der Waals surface area contributed by atoms with Crippen LogP contribution in [0, 0.1) is 5.82 Å². The van der Waals surface area contributed by atoms with Crippen LogP contribution in [0.25, 0.3) is 0 Å². The molecule has 0 radical (unpaired) electrons. The van der Waals surface area contributed by atoms with E-state index in [0.717, 1.165) is 12.1 Å². The first-order chi connectivity index (χ1) is 6.56. The molecule has 0 aliphatic carbocycles. The van der Waals surface area contributed by atoms with Gasteiger partial charge in [0.05, 0.1) is 12.0 Å². The Balaban J connectivity index is 2.95. The molecule has 2 atom stereocenters. The second-order valence-corrected chi connectivity index (χ2v) is 3.25. The number of alkyl halides is 1. The van der Waals surface area contributed by atoms with Crippen LogP contribution in [0.2, 0.25) is 0 Å². The maximum absolute atomic E-state index is 12.6. The number of hydrogen-bond acceptors (Lipinski definition) is 3. The Kier molecular flexibility index (Phi) is 3.69. The summed E-state index contributed by atoms with van der Waals surface area (Å²) in [7, 11) is 0. The van der Waals surface area contributed by atoms with E-state index < -0.39 is 18.0 Å². The highest BCUT2D eigenvalue weighted by atomic mass is 35.5. The first-order valence-corrected chi connectivity index (χ1v) is 4.56. The van der Waals surface area contributed by atoms with E-state index in [1.165, 1.54) is 6.07 Å². The van der Waals surface area contributed by atoms with Crippen LogP contribution in [0.3, 0.4) is 0 Å². The zero-order valence-electron chi connectivity index (χ0n) is 7.32. The van der Waals surface area contributed by atoms with Crippen LogP contribution in [0.1, 0.15) is 11.7 Å². The van der Waals surface area contributed by atoms with Gasteiger partial charge in [0.25, 0.3) is 0 Å². The van der Waals surface area contributed by atoms with Gasteiger partial charge in [0, 0.05) is 11.3 Å². The lowest BCUT2D eigenvalue weighted by Gasteiger charge is -2.17. The first kappa shape index (κ1) is 11.2. The van der Waals surface area contributed by atoms with E-state index >= 15 is 0 Å². The van der Waals surface area contributed by atoms with Crippen molar-refractivity contribution in [3.05, 3.63) is 29.6 Å². The van der Waals surface area contributed by atoms with Crippen molar-refractivity contribution in [3.8, 4) is 0 Å². The van der Waals surface area contributed by atoms with Gasteiger partial charge in [0.1, 0.15) is 11.9 Å². The second kappa shape index (κ2) is 4.59. The number of aliphatic hydroxyl groups is 2. The Bertz CT molecular complexity index is 322. The molecule has 4 N–H and O–H groups in total. The first-order valence-electron chi connectivity index (χ1n) is 4.03. The number of aliphatic hydroxyl groups excluding tert-OH is 2. The smallest absolute Gasteiger partial charge is 0.125 e. The zero-order valence-corrected chi connectivity index (χ0v) is 8.08. The molecular formula is C9H11ClFNO2. The highest BCUT2D eigenvalue weighted by molar-refractivity contribution is 6.18. The molecule has 1 aromatic rings. The van der Waals surface area contributed by atoms with Crippen LogP contribution in [0.15, 0.2) is 18.2 Å². The molecule has 0 spiro atoms. The molecule has 0 aliphatic heterocycles. The van der Waals surface area contributed by atoms with Gasteiger partial charge in [0.2, 0.25) is 0 Å². The highest BCUT2D eigenvalue weighted by Gasteiger charge is 2.19. The second-order valence-electron chi connectivity index (χ2n) is 2.94. The summed E-state index contributed by atoms with van der Waals surface area (Å²) >= 11 is 5.36. The SMILES string of the molecule is Nc1cc(F)ccc1C(O)C(O)CCl. The minimum absolute atomic E-state index is 0.0988. The van der Waals surface area contributed by atoms with Crippen molar-refractivity contribution in [2.45, 2.75) is 12.2 Å². The third-order valence-electron chi connectivity index (χ3n) is 1.89. The van der Waals surface area contributed by atoms with Gasteiger partial charge in [-0.1, -0.05) is 6.07 Å². The van der Waals surface area contributed by atoms with E-state index in [1.54, 1.807) is 0 Å². The molecule has 0 heterocycles. The molecule has 0 amide bonds. The summed E-state index contributed by atoms with van der Waals surface area (Å²) in [5, 5.41) is 18.8. The summed E-state index contributed by atoms with van der Waals surface area (Å²) in [5.41, 5.74) is 5.84. The topological polar surface area (TPSA) is 66.5 Å². The summed E-state index contributed by atoms with van der Waals surface area (Å²) in [5.74, 6) is -0.600. The molecule has 14 heavy (non-hydrogen) atoms. The number of halogens is 2. The number of hydrogen-bond donors (Lipinski definition) is 3. The van der Waals surface area contributed by atoms with Crippen LogP contribution in [-0.4, -0.2) is 22.2 Å². The van der Waals surface area contributed by atoms with Gasteiger partial charge >= 0.3 is 0 Å². The predicted molar refractivity (Wildman–Crippen MR) is 52.5 cm³/mol. The lowest BCUT2D eigenvalue weighted by molar-refractivity contribution is 0.0331. The molecule has 1 aromatic carbocycles. The van der Waals surface area contributed by atoms with Crippen LogP contribution < -0.4 is 5.73 Å². The van der Waals surface area contributed by atoms with Crippen molar-refractivity contribution in [1.82, 2.24) is 0 Å². The van der Waals surface area contributed by atoms with Gasteiger partial charge < -0.3 is 15.9 Å². The average Bonchev–Trinajstić information content (AvgIpc) is 2.15. The van der Waals surface area contributed by atoms with Crippen molar-refractivity contribution in [3.63, 3.8) is 0 Å². The Morgan fingerprint density at radius 2 is 2.07 bits per heavy atom. The maximum atomic E-state index is 12.6. The quantitative estimate of drug-likeness (QED) is 0.526. The van der Waals surface area contributed by atoms with Crippen LogP contribution in [-0.2, 0) is 0 Å². The predicted octanol–water partition coefficient (Wildman–Crippen LogP) is 1.04. The van der Waals surface area contributed by atoms with Crippen molar-refractivity contribution < 1.29 is 14.6 Å². The van der Waals surface area contributed by atoms with Crippen LogP contribution >= 0.6 is 11.6 Å². The normalized spacial score (nSPS) is 15.1. The fourth-order valence-corrected chi connectivity index (χ4v) is 1.28. The summed E-state index contributed by atoms with van der Waals surface area (Å²) in [6, 6.07) is 3.57. The van der Waals surface area contributed by atoms with Gasteiger partial charge in [-0.15, -0.1) is 11.6 Å². The van der Waals surface area contributed by atoms with Crippen molar-refractivity contribution >= 4 is 17.3 Å². The van der Waals surface area contributed by atoms with E-state index in [2.05, 4.69) is 0 Å². The minimum atomic E-state index is -1.19. The summed E-state index contributed by atoms with van der Waals surface area (Å²) in [6.45, 7) is 0. The monoisotopic (exact) mass is 219 g/mol. The number of rotatable bonds is 3. The largest absolute Gasteiger partial charge is 0.398 e. The molecule has 2 unspecified atom stereocenters. The number of benzene rings is 1. The molecule has 0 aromatic heterocycles. The Morgan fingerprint density at radius 1 is 1.43 bits per heavy atom. The zero-order chi connectivity index (χ0) is 10.7. The minimum Gasteiger partial charge on any atom is -0.398 e. The van der Waals surface area contributed by atoms with Crippen LogP contribution in [0.5, 0.6) is 0 Å². The molecule has 0 aliphatic rings. The van der Waals surface area contributed by atoms with E-state index in [9.17, 15) is 14.6 Å². The van der Waals surface area contributed by atoms with E-state index in [4.69, 9.17) is 17.3 Å². The number of nitrogen functional groups attached to an aromatic ring is 1. The third-order valence-corrected chi connectivity index (χ3v) is 2.21. The maximum Gasteiger partial charge on any atom is 0.125 e. The molecule has 0 saturated heterocycles. The molecule has 0 bridgehead atoms. The van der Waals surface area contributed by atoms with Gasteiger partial charge in [0.15, 0.2) is 0 Å². The van der Waals surface area contributed by atoms with Crippen molar-refractivity contribution in [2.75, 3.05) is 11.6 Å². The Labute approximate surface area is 85.9 Å². The van der Waals surface area contributed by atoms with Crippen molar-refractivity contribution in [2.24, 2.45) is 0 Å². The lowest BCUT2D eigenvalue weighted by Crippen LogP contribution is -2.20. The summed E-state index contributed by atoms with van der Waals surface area (Å²) in [6.07, 6.45) is -2.29. The van der Waals surface area contributed by atoms with Gasteiger partial charge in [-0.05, 0) is 12.1 Å². The fourth-order valence-electron chi connectivity index (χ4n) is 1.11. The van der Waals surface area contributed by atoms with Gasteiger partial charge in [-0.25, -0.2) is 4.39 Å². The summed E-state index contributed by atoms with van der Waals surface area (Å²) < 4.78 is 12.6. The standard InChI is InChI=1S/C9H11ClFNO2/c10-4-8(13)9(14)6-2-1-5(11)3-7(6)12/h1-3,8-9,13-14H,4,12H2. The summed E-state index contributed by atoms with van der Waals surface area (Å²) in [4.78, 5) is 0. The number of anilines is 1. The lowest BCUT2D eigenvalue weighted by atomic mass is 10.0. The average molecular weight is 220 g/mol. The fraction of sp³-hybridized carbons (Fsp3) is 0.333. The molecule has 1 rings (SSSR count).